The Hall–Kier alpha value is -1.18. The van der Waals surface area contributed by atoms with Crippen LogP contribution in [-0.4, -0.2) is 27.3 Å². The molecule has 0 atom stereocenters. The van der Waals surface area contributed by atoms with Crippen molar-refractivity contribution in [1.82, 2.24) is 20.1 Å². The summed E-state index contributed by atoms with van der Waals surface area (Å²) in [5, 5.41) is 9.77. The fraction of sp³-hybridized carbons (Fsp3) is 0.222. The van der Waals surface area contributed by atoms with Crippen LogP contribution in [0.5, 0.6) is 0 Å². The molecule has 2 aromatic rings. The average molecular weight is 288 g/mol. The number of imidazole rings is 1. The van der Waals surface area contributed by atoms with Crippen molar-refractivity contribution >= 4 is 51.4 Å². The normalized spacial score (nSPS) is 11.2. The SMILES string of the molecule is CCNC(=S)N/N=C\c1c(Cl)nc2sccn12. The second-order valence-corrected chi connectivity index (χ2v) is 4.71. The summed E-state index contributed by atoms with van der Waals surface area (Å²) in [6.07, 6.45) is 3.49. The molecule has 0 amide bonds. The van der Waals surface area contributed by atoms with E-state index in [-0.39, 0.29) is 0 Å². The molecule has 0 bridgehead atoms. The molecule has 0 saturated carbocycles. The van der Waals surface area contributed by atoms with Gasteiger partial charge in [-0.05, 0) is 19.1 Å². The summed E-state index contributed by atoms with van der Waals surface area (Å²) in [6, 6.07) is 0. The van der Waals surface area contributed by atoms with E-state index >= 15 is 0 Å². The second kappa shape index (κ2) is 5.44. The van der Waals surface area contributed by atoms with Gasteiger partial charge in [-0.2, -0.15) is 5.10 Å². The van der Waals surface area contributed by atoms with Crippen LogP contribution >= 0.6 is 35.2 Å². The number of thiocarbonyl (C=S) groups is 1. The van der Waals surface area contributed by atoms with Crippen molar-refractivity contribution in [2.24, 2.45) is 5.10 Å². The summed E-state index contributed by atoms with van der Waals surface area (Å²) >= 11 is 12.5. The standard InChI is InChI=1S/C9H10ClN5S2/c1-2-11-8(16)14-12-5-6-7(10)13-9-15(6)3-4-17-9/h3-5H,2H2,1H3,(H2,11,14,16)/b12-5-. The molecule has 0 aliphatic rings. The van der Waals surface area contributed by atoms with Crippen LogP contribution in [0, 0.1) is 0 Å². The highest BCUT2D eigenvalue weighted by Crippen LogP contribution is 2.19. The van der Waals surface area contributed by atoms with E-state index in [2.05, 4.69) is 20.8 Å². The molecule has 0 unspecified atom stereocenters. The lowest BCUT2D eigenvalue weighted by Crippen LogP contribution is -2.31. The second-order valence-electron chi connectivity index (χ2n) is 3.07. The Morgan fingerprint density at radius 2 is 2.59 bits per heavy atom. The number of fused-ring (bicyclic) bond motifs is 1. The predicted molar refractivity (Wildman–Crippen MR) is 75.1 cm³/mol. The number of hydrogen-bond donors (Lipinski definition) is 2. The number of thiazole rings is 1. The smallest absolute Gasteiger partial charge is 0.195 e. The molecule has 17 heavy (non-hydrogen) atoms. The number of aromatic nitrogens is 2. The topological polar surface area (TPSA) is 53.7 Å². The molecule has 2 N–H and O–H groups in total. The maximum absolute atomic E-state index is 5.99. The highest BCUT2D eigenvalue weighted by Gasteiger charge is 2.08. The van der Waals surface area contributed by atoms with Gasteiger partial charge in [-0.15, -0.1) is 11.3 Å². The fourth-order valence-corrected chi connectivity index (χ4v) is 2.43. The average Bonchev–Trinajstić information content (AvgIpc) is 2.82. The van der Waals surface area contributed by atoms with Gasteiger partial charge in [0.1, 0.15) is 5.69 Å². The van der Waals surface area contributed by atoms with Gasteiger partial charge < -0.3 is 5.32 Å². The molecular formula is C9H10ClN5S2. The summed E-state index contributed by atoms with van der Waals surface area (Å²) in [7, 11) is 0. The first-order valence-electron chi connectivity index (χ1n) is 4.90. The van der Waals surface area contributed by atoms with Crippen molar-refractivity contribution in [2.45, 2.75) is 6.92 Å². The van der Waals surface area contributed by atoms with Crippen LogP contribution in [-0.2, 0) is 0 Å². The van der Waals surface area contributed by atoms with E-state index in [1.165, 1.54) is 11.3 Å². The van der Waals surface area contributed by atoms with Crippen LogP contribution in [0.25, 0.3) is 4.96 Å². The number of nitrogens with one attached hydrogen (secondary N) is 2. The molecule has 5 nitrogen and oxygen atoms in total. The first-order valence-corrected chi connectivity index (χ1v) is 6.57. The van der Waals surface area contributed by atoms with E-state index in [1.54, 1.807) is 6.21 Å². The number of halogens is 1. The van der Waals surface area contributed by atoms with Crippen LogP contribution in [0.15, 0.2) is 16.7 Å². The summed E-state index contributed by atoms with van der Waals surface area (Å²) in [6.45, 7) is 2.71. The van der Waals surface area contributed by atoms with E-state index in [1.807, 2.05) is 22.9 Å². The third kappa shape index (κ3) is 2.74. The van der Waals surface area contributed by atoms with Crippen LogP contribution in [0.4, 0.5) is 0 Å². The lowest BCUT2D eigenvalue weighted by atomic mass is 10.5. The molecule has 0 saturated heterocycles. The quantitative estimate of drug-likeness (QED) is 0.514. The highest BCUT2D eigenvalue weighted by molar-refractivity contribution is 7.80. The van der Waals surface area contributed by atoms with Crippen molar-refractivity contribution in [3.05, 3.63) is 22.4 Å². The van der Waals surface area contributed by atoms with Gasteiger partial charge in [0.25, 0.3) is 0 Å². The molecule has 0 aromatic carbocycles. The number of nitrogens with zero attached hydrogens (tertiary/aromatic N) is 3. The van der Waals surface area contributed by atoms with E-state index in [4.69, 9.17) is 23.8 Å². The van der Waals surface area contributed by atoms with E-state index in [9.17, 15) is 0 Å². The summed E-state index contributed by atoms with van der Waals surface area (Å²) in [5.41, 5.74) is 3.43. The van der Waals surface area contributed by atoms with E-state index < -0.39 is 0 Å². The Kier molecular flexibility index (Phi) is 3.93. The summed E-state index contributed by atoms with van der Waals surface area (Å²) in [4.78, 5) is 5.03. The van der Waals surface area contributed by atoms with Gasteiger partial charge in [0.2, 0.25) is 0 Å². The van der Waals surface area contributed by atoms with Crippen LogP contribution in [0.3, 0.4) is 0 Å². The predicted octanol–water partition coefficient (Wildman–Crippen LogP) is 1.87. The molecule has 0 spiro atoms. The monoisotopic (exact) mass is 287 g/mol. The molecule has 2 heterocycles. The zero-order valence-electron chi connectivity index (χ0n) is 8.98. The maximum atomic E-state index is 5.99. The van der Waals surface area contributed by atoms with Crippen molar-refractivity contribution < 1.29 is 0 Å². The Morgan fingerprint density at radius 1 is 1.76 bits per heavy atom. The van der Waals surface area contributed by atoms with Gasteiger partial charge in [0.15, 0.2) is 15.2 Å². The molecule has 2 aromatic heterocycles. The molecule has 0 aliphatic carbocycles. The zero-order chi connectivity index (χ0) is 12.3. The Balaban J connectivity index is 2.12. The largest absolute Gasteiger partial charge is 0.362 e. The number of hydrazone groups is 1. The Labute approximate surface area is 112 Å². The van der Waals surface area contributed by atoms with Crippen molar-refractivity contribution in [2.75, 3.05) is 6.54 Å². The first kappa shape index (κ1) is 12.3. The molecule has 0 aliphatic heterocycles. The Morgan fingerprint density at radius 3 is 3.35 bits per heavy atom. The number of rotatable bonds is 3. The fourth-order valence-electron chi connectivity index (χ4n) is 1.24. The zero-order valence-corrected chi connectivity index (χ0v) is 11.4. The molecular weight excluding hydrogens is 278 g/mol. The van der Waals surface area contributed by atoms with Gasteiger partial charge in [-0.1, -0.05) is 11.6 Å². The van der Waals surface area contributed by atoms with Crippen molar-refractivity contribution in [3.8, 4) is 0 Å². The lowest BCUT2D eigenvalue weighted by molar-refractivity contribution is 0.903. The minimum absolute atomic E-state index is 0.428. The third-order valence-electron chi connectivity index (χ3n) is 1.94. The van der Waals surface area contributed by atoms with E-state index in [0.717, 1.165) is 17.2 Å². The molecule has 2 rings (SSSR count). The van der Waals surface area contributed by atoms with Crippen LogP contribution in [0.1, 0.15) is 12.6 Å². The number of hydrogen-bond acceptors (Lipinski definition) is 4. The summed E-state index contributed by atoms with van der Waals surface area (Å²) < 4.78 is 1.87. The van der Waals surface area contributed by atoms with E-state index in [0.29, 0.717) is 10.3 Å². The van der Waals surface area contributed by atoms with Gasteiger partial charge in [-0.3, -0.25) is 9.83 Å². The van der Waals surface area contributed by atoms with Crippen LogP contribution in [0.2, 0.25) is 5.15 Å². The maximum Gasteiger partial charge on any atom is 0.195 e. The van der Waals surface area contributed by atoms with Crippen molar-refractivity contribution in [1.29, 1.82) is 0 Å². The van der Waals surface area contributed by atoms with Gasteiger partial charge in [0, 0.05) is 18.1 Å². The lowest BCUT2D eigenvalue weighted by Gasteiger charge is -2.02. The van der Waals surface area contributed by atoms with Crippen LogP contribution < -0.4 is 10.7 Å². The minimum Gasteiger partial charge on any atom is -0.362 e. The van der Waals surface area contributed by atoms with Gasteiger partial charge in [-0.25, -0.2) is 4.98 Å². The Bertz CT molecular complexity index is 559. The first-order chi connectivity index (χ1) is 8.22. The van der Waals surface area contributed by atoms with Crippen molar-refractivity contribution in [3.63, 3.8) is 0 Å². The molecule has 0 fully saturated rings. The van der Waals surface area contributed by atoms with Gasteiger partial charge in [0.05, 0.1) is 6.21 Å². The molecule has 90 valence electrons. The highest BCUT2D eigenvalue weighted by atomic mass is 35.5. The molecule has 8 heteroatoms. The third-order valence-corrected chi connectivity index (χ3v) is 3.21. The minimum atomic E-state index is 0.428. The summed E-state index contributed by atoms with van der Waals surface area (Å²) in [5.74, 6) is 0. The van der Waals surface area contributed by atoms with Gasteiger partial charge >= 0.3 is 0 Å². The molecule has 0 radical (unpaired) electrons.